The topological polar surface area (TPSA) is 68.2 Å². The predicted molar refractivity (Wildman–Crippen MR) is 72.9 cm³/mol. The maximum Gasteiger partial charge on any atom is 1.00 e. The minimum Gasteiger partial charge on any atom is -0.860 e. The molecular weight excluding hydrogens is 255 g/mol. The molecule has 0 spiro atoms. The van der Waals surface area contributed by atoms with E-state index in [0.717, 1.165) is 16.7 Å². The molecule has 106 valence electrons. The monoisotopic (exact) mass is 277 g/mol. The van der Waals surface area contributed by atoms with Gasteiger partial charge in [-0.2, -0.15) is 0 Å². The fourth-order valence-electron chi connectivity index (χ4n) is 2.39. The molecule has 4 nitrogen and oxygen atoms in total. The van der Waals surface area contributed by atoms with Gasteiger partial charge in [0, 0.05) is 11.8 Å². The van der Waals surface area contributed by atoms with Gasteiger partial charge in [0.2, 0.25) is 0 Å². The van der Waals surface area contributed by atoms with Crippen LogP contribution in [0.1, 0.15) is 76.0 Å². The molecule has 1 aromatic rings. The number of aromatic nitrogens is 1. The van der Waals surface area contributed by atoms with E-state index in [1.54, 1.807) is 6.20 Å². The van der Waals surface area contributed by atoms with Crippen LogP contribution < -0.4 is 52.4 Å². The van der Waals surface area contributed by atoms with E-state index in [1.807, 2.05) is 13.8 Å². The van der Waals surface area contributed by atoms with E-state index in [4.69, 9.17) is 4.65 Å². The zero-order valence-electron chi connectivity index (χ0n) is 14.6. The van der Waals surface area contributed by atoms with Crippen molar-refractivity contribution in [3.63, 3.8) is 0 Å². The molecule has 0 amide bonds. The summed E-state index contributed by atoms with van der Waals surface area (Å²) < 4.78 is 4.81. The van der Waals surface area contributed by atoms with Gasteiger partial charge in [-0.25, -0.2) is 4.98 Å². The molecule has 0 aromatic carbocycles. The fraction of sp³-hybridized carbons (Fsp3) is 0.643. The molecule has 0 saturated heterocycles. The molecule has 0 saturated carbocycles. The molecule has 0 N–H and O–H groups in total. The summed E-state index contributed by atoms with van der Waals surface area (Å²) in [4.78, 5) is 4.18. The molecule has 0 unspecified atom stereocenters. The number of hydrogen-bond acceptors (Lipinski definition) is 4. The van der Waals surface area contributed by atoms with Gasteiger partial charge >= 0.3 is 37.7 Å². The van der Waals surface area contributed by atoms with Gasteiger partial charge in [-0.3, -0.25) is 0 Å². The molecule has 0 aliphatic carbocycles. The van der Waals surface area contributed by atoms with Gasteiger partial charge in [0.05, 0.1) is 0 Å². The van der Waals surface area contributed by atoms with Crippen molar-refractivity contribution < 1.29 is 52.4 Å². The van der Waals surface area contributed by atoms with Crippen LogP contribution >= 0.6 is 0 Å². The Morgan fingerprint density at radius 1 is 0.905 bits per heavy atom. The van der Waals surface area contributed by atoms with Crippen LogP contribution in [-0.4, -0.2) is 12.3 Å². The smallest absolute Gasteiger partial charge is 0.860 e. The SMILES string of the molecule is CC(C)c1cnc(OB([O-])[O-])c(C(C)C)c1C(C)C.[Li+].[Li+]. The average molecular weight is 277 g/mol. The molecule has 0 aliphatic heterocycles. The Bertz CT molecular complexity index is 440. The molecular formula is C14H22BLi2NO3. The van der Waals surface area contributed by atoms with Gasteiger partial charge in [0.15, 0.2) is 5.88 Å². The van der Waals surface area contributed by atoms with E-state index < -0.39 is 7.32 Å². The first kappa shape index (κ1) is 23.4. The molecule has 0 aliphatic rings. The van der Waals surface area contributed by atoms with E-state index in [9.17, 15) is 10.0 Å². The van der Waals surface area contributed by atoms with E-state index in [1.165, 1.54) is 0 Å². The zero-order valence-corrected chi connectivity index (χ0v) is 14.6. The molecule has 1 heterocycles. The van der Waals surface area contributed by atoms with Crippen LogP contribution in [0.3, 0.4) is 0 Å². The zero-order chi connectivity index (χ0) is 14.7. The maximum atomic E-state index is 10.8. The quantitative estimate of drug-likeness (QED) is 0.509. The predicted octanol–water partition coefficient (Wildman–Crippen LogP) is -4.46. The van der Waals surface area contributed by atoms with Crippen LogP contribution in [0.4, 0.5) is 0 Å². The number of nitrogens with zero attached hydrogens (tertiary/aromatic N) is 1. The normalized spacial score (nSPS) is 10.4. The molecule has 0 fully saturated rings. The molecule has 21 heavy (non-hydrogen) atoms. The summed E-state index contributed by atoms with van der Waals surface area (Å²) in [5, 5.41) is 21.5. The minimum absolute atomic E-state index is 0. The van der Waals surface area contributed by atoms with Crippen molar-refractivity contribution in [1.29, 1.82) is 0 Å². The Morgan fingerprint density at radius 2 is 1.38 bits per heavy atom. The first-order chi connectivity index (χ1) is 8.75. The first-order valence-corrected chi connectivity index (χ1v) is 6.76. The number of hydrogen-bond donors (Lipinski definition) is 0. The second kappa shape index (κ2) is 10.0. The third-order valence-electron chi connectivity index (χ3n) is 3.14. The Labute approximate surface area is 152 Å². The third kappa shape index (κ3) is 6.03. The van der Waals surface area contributed by atoms with Crippen molar-refractivity contribution in [1.82, 2.24) is 4.98 Å². The summed E-state index contributed by atoms with van der Waals surface area (Å²) in [5.41, 5.74) is 3.19. The van der Waals surface area contributed by atoms with Crippen LogP contribution in [0.2, 0.25) is 0 Å². The summed E-state index contributed by atoms with van der Waals surface area (Å²) in [7, 11) is -2.34. The van der Waals surface area contributed by atoms with Gasteiger partial charge in [-0.15, -0.1) is 0 Å². The molecule has 0 radical (unpaired) electrons. The van der Waals surface area contributed by atoms with Gasteiger partial charge < -0.3 is 14.7 Å². The Kier molecular flexibility index (Phi) is 11.2. The first-order valence-electron chi connectivity index (χ1n) is 6.76. The van der Waals surface area contributed by atoms with Crippen LogP contribution in [0, 0.1) is 0 Å². The maximum absolute atomic E-state index is 10.8. The van der Waals surface area contributed by atoms with Crippen molar-refractivity contribution in [2.24, 2.45) is 0 Å². The third-order valence-corrected chi connectivity index (χ3v) is 3.14. The van der Waals surface area contributed by atoms with Crippen molar-refractivity contribution in [3.8, 4) is 5.88 Å². The molecule has 0 atom stereocenters. The summed E-state index contributed by atoms with van der Waals surface area (Å²) in [5.74, 6) is 0.971. The standard InChI is InChI=1S/C14H22BNO3.2Li/c1-8(2)11-7-16-14(19-15(17)18)13(10(5)6)12(11)9(3)4;;/h7-10H,1-6H3;;/q-2;2*+1. The van der Waals surface area contributed by atoms with E-state index in [2.05, 4.69) is 32.7 Å². The largest absolute Gasteiger partial charge is 1.00 e. The van der Waals surface area contributed by atoms with Crippen molar-refractivity contribution in [2.45, 2.75) is 59.3 Å². The van der Waals surface area contributed by atoms with Gasteiger partial charge in [-0.1, -0.05) is 41.5 Å². The Morgan fingerprint density at radius 3 is 1.71 bits per heavy atom. The summed E-state index contributed by atoms with van der Waals surface area (Å²) in [6.45, 7) is 12.5. The van der Waals surface area contributed by atoms with E-state index in [0.29, 0.717) is 5.92 Å². The second-order valence-electron chi connectivity index (χ2n) is 5.72. The number of pyridine rings is 1. The van der Waals surface area contributed by atoms with Gasteiger partial charge in [0.1, 0.15) is 7.32 Å². The summed E-state index contributed by atoms with van der Waals surface area (Å²) in [6.07, 6.45) is 1.73. The Hall–Kier alpha value is 0.130. The van der Waals surface area contributed by atoms with Crippen LogP contribution in [0.5, 0.6) is 5.88 Å². The second-order valence-corrected chi connectivity index (χ2v) is 5.72. The van der Waals surface area contributed by atoms with E-state index >= 15 is 0 Å². The van der Waals surface area contributed by atoms with Crippen molar-refractivity contribution in [2.75, 3.05) is 0 Å². The summed E-state index contributed by atoms with van der Waals surface area (Å²) in [6, 6.07) is 0. The van der Waals surface area contributed by atoms with Crippen molar-refractivity contribution >= 4 is 7.32 Å². The van der Waals surface area contributed by atoms with Crippen LogP contribution in [-0.2, 0) is 0 Å². The Balaban J connectivity index is 0. The summed E-state index contributed by atoms with van der Waals surface area (Å²) >= 11 is 0. The average Bonchev–Trinajstić information content (AvgIpc) is 2.26. The molecule has 1 rings (SSSR count). The number of rotatable bonds is 5. The molecule has 0 bridgehead atoms. The molecule has 7 heteroatoms. The van der Waals surface area contributed by atoms with Crippen molar-refractivity contribution in [3.05, 3.63) is 22.9 Å². The van der Waals surface area contributed by atoms with Crippen LogP contribution in [0.15, 0.2) is 6.20 Å². The van der Waals surface area contributed by atoms with Gasteiger partial charge in [-0.05, 0) is 28.9 Å². The van der Waals surface area contributed by atoms with E-state index in [-0.39, 0.29) is 55.4 Å². The van der Waals surface area contributed by atoms with Gasteiger partial charge in [0.25, 0.3) is 0 Å². The van der Waals surface area contributed by atoms with Crippen LogP contribution in [0.25, 0.3) is 0 Å². The fourth-order valence-corrected chi connectivity index (χ4v) is 2.39. The molecule has 1 aromatic heterocycles. The minimum atomic E-state index is -2.34.